The molecule has 4 aromatic carbocycles. The average molecular weight is 435 g/mol. The number of hydrogen-bond acceptors (Lipinski definition) is 3. The molecule has 5 rings (SSSR count). The van der Waals surface area contributed by atoms with Crippen LogP contribution in [0.3, 0.4) is 0 Å². The smallest absolute Gasteiger partial charge is 0.255 e. The van der Waals surface area contributed by atoms with Crippen molar-refractivity contribution in [2.75, 3.05) is 11.5 Å². The lowest BCUT2D eigenvalue weighted by atomic mass is 9.93. The fourth-order valence-corrected chi connectivity index (χ4v) is 4.56. The van der Waals surface area contributed by atoms with Gasteiger partial charge in [-0.05, 0) is 46.4 Å². The molecule has 164 valence electrons. The van der Waals surface area contributed by atoms with Crippen molar-refractivity contribution < 1.29 is 9.90 Å². The third kappa shape index (κ3) is 4.26. The number of aliphatic hydroxyl groups is 1. The topological polar surface area (TPSA) is 52.6 Å². The van der Waals surface area contributed by atoms with Crippen LogP contribution in [0.1, 0.15) is 33.2 Å². The lowest BCUT2D eigenvalue weighted by Gasteiger charge is -2.40. The predicted octanol–water partition coefficient (Wildman–Crippen LogP) is 5.34. The molecule has 0 fully saturated rings. The van der Waals surface area contributed by atoms with E-state index in [1.807, 2.05) is 60.7 Å². The third-order valence-electron chi connectivity index (χ3n) is 6.16. The van der Waals surface area contributed by atoms with Crippen molar-refractivity contribution in [3.8, 4) is 11.1 Å². The van der Waals surface area contributed by atoms with Crippen LogP contribution in [0, 0.1) is 0 Å². The second-order valence-electron chi connectivity index (χ2n) is 8.26. The number of carbonyl (C=O) groups excluding carboxylic acids is 1. The quantitative estimate of drug-likeness (QED) is 0.431. The number of fused-ring (bicyclic) bond motifs is 1. The molecular formula is C29H26N2O2. The van der Waals surface area contributed by atoms with Gasteiger partial charge in [0.25, 0.3) is 5.91 Å². The van der Waals surface area contributed by atoms with E-state index < -0.39 is 0 Å². The zero-order chi connectivity index (χ0) is 22.6. The van der Waals surface area contributed by atoms with Crippen molar-refractivity contribution in [3.63, 3.8) is 0 Å². The number of nitrogens with zero attached hydrogens (tertiary/aromatic N) is 1. The van der Waals surface area contributed by atoms with Gasteiger partial charge >= 0.3 is 0 Å². The Bertz CT molecular complexity index is 1260. The SMILES string of the molecule is O=C1NC(c2ccc(-c3ccccc3)cc2CCO)N(Cc2ccccc2)c2ccccc21. The second-order valence-corrected chi connectivity index (χ2v) is 8.26. The number of para-hydroxylation sites is 1. The molecule has 0 saturated heterocycles. The molecule has 2 N–H and O–H groups in total. The van der Waals surface area contributed by atoms with Gasteiger partial charge in [0.2, 0.25) is 0 Å². The first kappa shape index (κ1) is 21.0. The third-order valence-corrected chi connectivity index (χ3v) is 6.16. The summed E-state index contributed by atoms with van der Waals surface area (Å²) in [5.74, 6) is -0.0815. The van der Waals surface area contributed by atoms with Crippen molar-refractivity contribution >= 4 is 11.6 Å². The maximum absolute atomic E-state index is 13.0. The molecule has 1 unspecified atom stereocenters. The van der Waals surface area contributed by atoms with Crippen molar-refractivity contribution in [3.05, 3.63) is 125 Å². The fourth-order valence-electron chi connectivity index (χ4n) is 4.56. The molecule has 1 aliphatic heterocycles. The van der Waals surface area contributed by atoms with Gasteiger partial charge in [-0.1, -0.05) is 91.0 Å². The van der Waals surface area contributed by atoms with Crippen LogP contribution in [-0.2, 0) is 13.0 Å². The van der Waals surface area contributed by atoms with Gasteiger partial charge in [0.15, 0.2) is 0 Å². The van der Waals surface area contributed by atoms with Crippen LogP contribution in [0.5, 0.6) is 0 Å². The number of rotatable bonds is 6. The number of hydrogen-bond donors (Lipinski definition) is 2. The minimum Gasteiger partial charge on any atom is -0.396 e. The highest BCUT2D eigenvalue weighted by molar-refractivity contribution is 6.02. The van der Waals surface area contributed by atoms with Gasteiger partial charge in [0, 0.05) is 13.2 Å². The Morgan fingerprint density at radius 2 is 1.48 bits per heavy atom. The fraction of sp³-hybridized carbons (Fsp3) is 0.138. The van der Waals surface area contributed by atoms with Crippen LogP contribution in [0.4, 0.5) is 5.69 Å². The highest BCUT2D eigenvalue weighted by Gasteiger charge is 2.32. The molecule has 4 aromatic rings. The van der Waals surface area contributed by atoms with Crippen LogP contribution in [0.2, 0.25) is 0 Å². The molecule has 0 aromatic heterocycles. The molecule has 1 atom stereocenters. The van der Waals surface area contributed by atoms with Gasteiger partial charge in [-0.3, -0.25) is 4.79 Å². The molecule has 0 saturated carbocycles. The maximum atomic E-state index is 13.0. The average Bonchev–Trinajstić information content (AvgIpc) is 2.87. The van der Waals surface area contributed by atoms with Gasteiger partial charge in [0.1, 0.15) is 6.17 Å². The molecule has 33 heavy (non-hydrogen) atoms. The van der Waals surface area contributed by atoms with Gasteiger partial charge < -0.3 is 15.3 Å². The zero-order valence-corrected chi connectivity index (χ0v) is 18.3. The van der Waals surface area contributed by atoms with Gasteiger partial charge in [-0.15, -0.1) is 0 Å². The van der Waals surface area contributed by atoms with E-state index in [-0.39, 0.29) is 18.7 Å². The Morgan fingerprint density at radius 1 is 0.788 bits per heavy atom. The van der Waals surface area contributed by atoms with Crippen molar-refractivity contribution in [2.45, 2.75) is 19.1 Å². The summed E-state index contributed by atoms with van der Waals surface area (Å²) in [6.45, 7) is 0.697. The van der Waals surface area contributed by atoms with E-state index in [2.05, 4.69) is 52.7 Å². The molecule has 0 radical (unpaired) electrons. The Labute approximate surface area is 194 Å². The number of anilines is 1. The molecule has 0 aliphatic carbocycles. The Morgan fingerprint density at radius 3 is 2.24 bits per heavy atom. The monoisotopic (exact) mass is 434 g/mol. The molecule has 0 bridgehead atoms. The van der Waals surface area contributed by atoms with E-state index in [1.54, 1.807) is 0 Å². The summed E-state index contributed by atoms with van der Waals surface area (Å²) in [5, 5.41) is 13.0. The lowest BCUT2D eigenvalue weighted by molar-refractivity contribution is 0.0925. The van der Waals surface area contributed by atoms with Crippen LogP contribution < -0.4 is 10.2 Å². The van der Waals surface area contributed by atoms with E-state index in [9.17, 15) is 9.90 Å². The first-order valence-electron chi connectivity index (χ1n) is 11.2. The molecule has 1 heterocycles. The summed E-state index contributed by atoms with van der Waals surface area (Å²) >= 11 is 0. The maximum Gasteiger partial charge on any atom is 0.255 e. The normalized spacial score (nSPS) is 15.1. The van der Waals surface area contributed by atoms with Crippen LogP contribution in [0.25, 0.3) is 11.1 Å². The van der Waals surface area contributed by atoms with E-state index in [0.29, 0.717) is 18.5 Å². The molecular weight excluding hydrogens is 408 g/mol. The summed E-state index contributed by atoms with van der Waals surface area (Å²) in [7, 11) is 0. The number of carbonyl (C=O) groups is 1. The summed E-state index contributed by atoms with van der Waals surface area (Å²) in [6.07, 6.45) is 0.183. The molecule has 0 spiro atoms. The predicted molar refractivity (Wildman–Crippen MR) is 132 cm³/mol. The minimum atomic E-state index is -0.334. The first-order valence-corrected chi connectivity index (χ1v) is 11.2. The van der Waals surface area contributed by atoms with Crippen LogP contribution in [0.15, 0.2) is 103 Å². The van der Waals surface area contributed by atoms with Crippen molar-refractivity contribution in [1.82, 2.24) is 5.32 Å². The van der Waals surface area contributed by atoms with Gasteiger partial charge in [-0.25, -0.2) is 0 Å². The molecule has 1 aliphatic rings. The van der Waals surface area contributed by atoms with Crippen LogP contribution >= 0.6 is 0 Å². The Hall–Kier alpha value is -3.89. The second kappa shape index (κ2) is 9.31. The summed E-state index contributed by atoms with van der Waals surface area (Å²) < 4.78 is 0. The van der Waals surface area contributed by atoms with Crippen molar-refractivity contribution in [1.29, 1.82) is 0 Å². The standard InChI is InChI=1S/C29H26N2O2/c32-18-17-24-19-23(22-11-5-2-6-12-22)15-16-25(24)28-30-29(33)26-13-7-8-14-27(26)31(28)20-21-9-3-1-4-10-21/h1-16,19,28,32H,17-18,20H2,(H,30,33). The molecule has 1 amide bonds. The highest BCUT2D eigenvalue weighted by Crippen LogP contribution is 2.36. The minimum absolute atomic E-state index is 0.0428. The Balaban J connectivity index is 1.60. The summed E-state index contributed by atoms with van der Waals surface area (Å²) in [4.78, 5) is 15.3. The highest BCUT2D eigenvalue weighted by atomic mass is 16.3. The number of amides is 1. The lowest BCUT2D eigenvalue weighted by Crippen LogP contribution is -2.46. The zero-order valence-electron chi connectivity index (χ0n) is 18.3. The molecule has 4 nitrogen and oxygen atoms in total. The Kier molecular flexibility index (Phi) is 5.92. The van der Waals surface area contributed by atoms with Crippen LogP contribution in [-0.4, -0.2) is 17.6 Å². The van der Waals surface area contributed by atoms with E-state index in [4.69, 9.17) is 0 Å². The number of benzene rings is 4. The largest absolute Gasteiger partial charge is 0.396 e. The summed E-state index contributed by atoms with van der Waals surface area (Å²) in [6, 6.07) is 34.5. The van der Waals surface area contributed by atoms with Gasteiger partial charge in [0.05, 0.1) is 11.3 Å². The number of nitrogens with one attached hydrogen (secondary N) is 1. The van der Waals surface area contributed by atoms with E-state index in [1.165, 1.54) is 0 Å². The van der Waals surface area contributed by atoms with E-state index >= 15 is 0 Å². The van der Waals surface area contributed by atoms with Gasteiger partial charge in [-0.2, -0.15) is 0 Å². The van der Waals surface area contributed by atoms with E-state index in [0.717, 1.165) is 33.5 Å². The first-order chi connectivity index (χ1) is 16.2. The number of aliphatic hydroxyl groups excluding tert-OH is 1. The van der Waals surface area contributed by atoms with Crippen molar-refractivity contribution in [2.24, 2.45) is 0 Å². The molecule has 4 heteroatoms. The summed E-state index contributed by atoms with van der Waals surface area (Å²) in [5.41, 5.74) is 7.01.